The van der Waals surface area contributed by atoms with E-state index in [1.807, 2.05) is 73.0 Å². The van der Waals surface area contributed by atoms with E-state index in [2.05, 4.69) is 46.4 Å². The van der Waals surface area contributed by atoms with Gasteiger partial charge in [0.25, 0.3) is 0 Å². The average Bonchev–Trinajstić information content (AvgIpc) is 3.94. The summed E-state index contributed by atoms with van der Waals surface area (Å²) in [7, 11) is 0. The Morgan fingerprint density at radius 2 is 0.945 bits per heavy atom. The number of aromatic nitrogens is 5. The molecule has 0 N–H and O–H groups in total. The number of halogens is 2. The van der Waals surface area contributed by atoms with E-state index in [1.54, 1.807) is 54.7 Å². The Morgan fingerprint density at radius 3 is 1.55 bits per heavy atom. The molecule has 12 rings (SSSR count). The van der Waals surface area contributed by atoms with Crippen LogP contribution in [0.1, 0.15) is 44.5 Å². The first-order valence-corrected chi connectivity index (χ1v) is 23.9. The first-order chi connectivity index (χ1) is 38.8. The first kappa shape index (κ1) is 36.9. The van der Waals surface area contributed by atoms with Crippen molar-refractivity contribution in [2.24, 2.45) is 0 Å². The summed E-state index contributed by atoms with van der Waals surface area (Å²) in [5, 5.41) is 6.82. The van der Waals surface area contributed by atoms with Gasteiger partial charge in [0.2, 0.25) is 0 Å². The second-order valence-corrected chi connectivity index (χ2v) is 17.9. The molecular formula is C66H49F2N5. The SMILES string of the molecule is [2H]C([2H])(c1cc(-c2ccccc2-c2ccc3c(c2)c2c(C)c(C)nn2c2c(-c4ccc(-c5ccccc5)cc4)ccnc32)cc(C([2H])([2H])C([2H])([2H])c2ccc(-c3ccccn3)c(F)c2)c1)C([2H])([2H])c1ccc(-c2ccccn2)c(F)c1. The summed E-state index contributed by atoms with van der Waals surface area (Å²) in [5.41, 5.74) is 9.86. The van der Waals surface area contributed by atoms with Crippen molar-refractivity contribution in [1.82, 2.24) is 24.6 Å². The second-order valence-electron chi connectivity index (χ2n) is 17.9. The van der Waals surface area contributed by atoms with Gasteiger partial charge >= 0.3 is 0 Å². The van der Waals surface area contributed by atoms with Gasteiger partial charge in [-0.2, -0.15) is 5.10 Å². The standard InChI is InChI=1S/C66H49F2N5/c1-42-43(2)72-73-65(42)59-41-51(28-31-56(59)64-66(73)55(32-35-71-64)50-26-24-49(25-27-50)48-12-4-3-5-13-48)53-14-6-7-15-54(53)52-37-46(20-18-44-22-29-57(60(67)39-44)62-16-8-10-33-69-62)36-47(38-52)21-19-45-23-30-58(61(68)40-45)63-17-9-11-34-70-63/h3-17,22-41H,18-21H2,1-2H3/i18D2,19D2,20D2,21D2. The Labute approximate surface area is 434 Å². The van der Waals surface area contributed by atoms with Crippen LogP contribution in [-0.2, 0) is 25.5 Å². The summed E-state index contributed by atoms with van der Waals surface area (Å²) in [6.45, 7) is 4.00. The van der Waals surface area contributed by atoms with Gasteiger partial charge in [-0.15, -0.1) is 0 Å². The maximum atomic E-state index is 16.0. The maximum Gasteiger partial charge on any atom is 0.132 e. The van der Waals surface area contributed by atoms with E-state index in [4.69, 9.17) is 10.1 Å². The highest BCUT2D eigenvalue weighted by Gasteiger charge is 2.20. The third kappa shape index (κ3) is 8.84. The van der Waals surface area contributed by atoms with Gasteiger partial charge in [0, 0.05) is 57.0 Å². The van der Waals surface area contributed by atoms with Crippen LogP contribution in [0.2, 0.25) is 0 Å². The quantitative estimate of drug-likeness (QED) is 0.115. The molecule has 0 aliphatic carbocycles. The molecule has 0 amide bonds. The fourth-order valence-corrected chi connectivity index (χ4v) is 9.62. The van der Waals surface area contributed by atoms with E-state index in [0.29, 0.717) is 22.5 Å². The van der Waals surface area contributed by atoms with Gasteiger partial charge in [-0.25, -0.2) is 13.3 Å². The van der Waals surface area contributed by atoms with Crippen molar-refractivity contribution in [2.45, 2.75) is 39.3 Å². The maximum absolute atomic E-state index is 16.0. The molecule has 0 radical (unpaired) electrons. The summed E-state index contributed by atoms with van der Waals surface area (Å²) in [6, 6.07) is 55.0. The van der Waals surface area contributed by atoms with Crippen molar-refractivity contribution >= 4 is 27.3 Å². The molecule has 352 valence electrons. The fraction of sp³-hybridized carbons (Fsp3) is 0.0909. The lowest BCUT2D eigenvalue weighted by Gasteiger charge is -2.16. The minimum Gasteiger partial charge on any atom is -0.256 e. The highest BCUT2D eigenvalue weighted by Crippen LogP contribution is 2.41. The Morgan fingerprint density at radius 1 is 0.397 bits per heavy atom. The van der Waals surface area contributed by atoms with E-state index in [0.717, 1.165) is 84.6 Å². The van der Waals surface area contributed by atoms with Crippen LogP contribution >= 0.6 is 0 Å². The van der Waals surface area contributed by atoms with Gasteiger partial charge in [-0.1, -0.05) is 133 Å². The topological polar surface area (TPSA) is 56.0 Å². The second kappa shape index (κ2) is 19.3. The molecule has 7 aromatic carbocycles. The zero-order chi connectivity index (χ0) is 56.6. The highest BCUT2D eigenvalue weighted by molar-refractivity contribution is 6.15. The molecule has 0 saturated carbocycles. The number of hydrogen-bond acceptors (Lipinski definition) is 4. The van der Waals surface area contributed by atoms with Crippen LogP contribution in [-0.4, -0.2) is 24.6 Å². The predicted molar refractivity (Wildman–Crippen MR) is 293 cm³/mol. The molecule has 0 aliphatic heterocycles. The Balaban J connectivity index is 1.01. The number of benzene rings is 7. The Bertz CT molecular complexity index is 4270. The third-order valence-corrected chi connectivity index (χ3v) is 13.3. The van der Waals surface area contributed by atoms with Crippen LogP contribution < -0.4 is 0 Å². The van der Waals surface area contributed by atoms with Gasteiger partial charge in [0.05, 0.1) is 33.6 Å². The summed E-state index contributed by atoms with van der Waals surface area (Å²) < 4.78 is 110. The zero-order valence-electron chi connectivity index (χ0n) is 47.7. The molecule has 73 heavy (non-hydrogen) atoms. The van der Waals surface area contributed by atoms with Gasteiger partial charge in [0.15, 0.2) is 0 Å². The Kier molecular flexibility index (Phi) is 9.78. The van der Waals surface area contributed by atoms with Crippen molar-refractivity contribution in [1.29, 1.82) is 0 Å². The van der Waals surface area contributed by atoms with Crippen LogP contribution in [0.5, 0.6) is 0 Å². The molecule has 0 aliphatic rings. The number of pyridine rings is 4. The molecule has 5 heterocycles. The minimum atomic E-state index is -3.02. The molecular weight excluding hydrogens is 901 g/mol. The predicted octanol–water partition coefficient (Wildman–Crippen LogP) is 16.3. The van der Waals surface area contributed by atoms with E-state index in [1.165, 1.54) is 48.8 Å². The van der Waals surface area contributed by atoms with Crippen molar-refractivity contribution in [3.05, 3.63) is 258 Å². The lowest BCUT2D eigenvalue weighted by molar-refractivity contribution is 0.627. The molecule has 0 bridgehead atoms. The third-order valence-electron chi connectivity index (χ3n) is 13.3. The molecule has 0 saturated heterocycles. The largest absolute Gasteiger partial charge is 0.256 e. The van der Waals surface area contributed by atoms with Crippen LogP contribution in [0, 0.1) is 25.5 Å². The van der Waals surface area contributed by atoms with Gasteiger partial charge in [-0.05, 0) is 167 Å². The van der Waals surface area contributed by atoms with Gasteiger partial charge in [-0.3, -0.25) is 15.0 Å². The van der Waals surface area contributed by atoms with Crippen molar-refractivity contribution < 1.29 is 19.7 Å². The summed E-state index contributed by atoms with van der Waals surface area (Å²) in [5.74, 6) is -1.65. The average molecular weight is 958 g/mol. The molecule has 5 aromatic heterocycles. The van der Waals surface area contributed by atoms with Crippen LogP contribution in [0.3, 0.4) is 0 Å². The lowest BCUT2D eigenvalue weighted by Crippen LogP contribution is -1.99. The minimum absolute atomic E-state index is 0.0867. The Hall–Kier alpha value is -8.94. The zero-order valence-corrected chi connectivity index (χ0v) is 39.7. The molecule has 0 unspecified atom stereocenters. The van der Waals surface area contributed by atoms with Gasteiger partial charge in [0.1, 0.15) is 11.6 Å². The summed E-state index contributed by atoms with van der Waals surface area (Å²) in [4.78, 5) is 13.4. The van der Waals surface area contributed by atoms with Gasteiger partial charge < -0.3 is 0 Å². The molecule has 7 heteroatoms. The number of nitrogens with zero attached hydrogens (tertiary/aromatic N) is 5. The number of rotatable bonds is 12. The van der Waals surface area contributed by atoms with E-state index in [9.17, 15) is 11.0 Å². The van der Waals surface area contributed by atoms with E-state index in [-0.39, 0.29) is 38.9 Å². The molecule has 5 nitrogen and oxygen atoms in total. The number of aryl methyl sites for hydroxylation is 6. The summed E-state index contributed by atoms with van der Waals surface area (Å²) >= 11 is 0. The number of hydrogen-bond donors (Lipinski definition) is 0. The van der Waals surface area contributed by atoms with E-state index >= 15 is 8.78 Å². The van der Waals surface area contributed by atoms with Crippen LogP contribution in [0.25, 0.3) is 94.3 Å². The first-order valence-electron chi connectivity index (χ1n) is 27.9. The smallest absolute Gasteiger partial charge is 0.132 e. The van der Waals surface area contributed by atoms with E-state index < -0.39 is 37.1 Å². The molecule has 0 atom stereocenters. The molecule has 0 fully saturated rings. The van der Waals surface area contributed by atoms with Crippen LogP contribution in [0.15, 0.2) is 213 Å². The fourth-order valence-electron chi connectivity index (χ4n) is 9.62. The lowest BCUT2D eigenvalue weighted by atomic mass is 9.89. The number of fused-ring (bicyclic) bond motifs is 6. The highest BCUT2D eigenvalue weighted by atomic mass is 19.1. The van der Waals surface area contributed by atoms with Crippen molar-refractivity contribution in [3.8, 4) is 67.0 Å². The van der Waals surface area contributed by atoms with Crippen LogP contribution in [0.4, 0.5) is 8.78 Å². The molecule has 0 spiro atoms. The normalized spacial score (nSPS) is 13.9. The monoisotopic (exact) mass is 957 g/mol. The molecule has 12 aromatic rings. The summed E-state index contributed by atoms with van der Waals surface area (Å²) in [6.07, 6.45) is -7.17. The van der Waals surface area contributed by atoms with Crippen molar-refractivity contribution in [2.75, 3.05) is 0 Å². The van der Waals surface area contributed by atoms with Crippen molar-refractivity contribution in [3.63, 3.8) is 0 Å².